The second kappa shape index (κ2) is 6.23. The van der Waals surface area contributed by atoms with Gasteiger partial charge in [0.05, 0.1) is 5.69 Å². The van der Waals surface area contributed by atoms with Crippen molar-refractivity contribution in [3.63, 3.8) is 0 Å². The third-order valence-electron chi connectivity index (χ3n) is 4.31. The first kappa shape index (κ1) is 17.0. The number of rotatable bonds is 4. The number of benzene rings is 1. The Morgan fingerprint density at radius 1 is 1.21 bits per heavy atom. The Hall–Kier alpha value is -1.83. The molecule has 0 radical (unpaired) electrons. The fraction of sp³-hybridized carbons (Fsp3) is 0.438. The third kappa shape index (κ3) is 3.19. The van der Waals surface area contributed by atoms with Gasteiger partial charge in [-0.15, -0.1) is 0 Å². The molecule has 0 N–H and O–H groups in total. The molecule has 0 atom stereocenters. The summed E-state index contributed by atoms with van der Waals surface area (Å²) in [5.74, 6) is -0.816. The van der Waals surface area contributed by atoms with Crippen molar-refractivity contribution in [1.82, 2.24) is 9.78 Å². The van der Waals surface area contributed by atoms with Gasteiger partial charge in [-0.2, -0.15) is 5.10 Å². The van der Waals surface area contributed by atoms with Gasteiger partial charge in [0, 0.05) is 23.9 Å². The van der Waals surface area contributed by atoms with Crippen molar-refractivity contribution >= 4 is 9.84 Å². The molecule has 24 heavy (non-hydrogen) atoms. The van der Waals surface area contributed by atoms with Crippen molar-refractivity contribution in [3.8, 4) is 5.69 Å². The molecule has 130 valence electrons. The smallest absolute Gasteiger partial charge is 0.237 e. The molecule has 3 rings (SSSR count). The van der Waals surface area contributed by atoms with E-state index in [1.165, 1.54) is 16.8 Å². The molecule has 1 aromatic heterocycles. The lowest BCUT2D eigenvalue weighted by Crippen LogP contribution is -2.08. The lowest BCUT2D eigenvalue weighted by molar-refractivity contribution is 0.145. The zero-order valence-corrected chi connectivity index (χ0v) is 13.9. The largest absolute Gasteiger partial charge is 0.282 e. The van der Waals surface area contributed by atoms with Crippen LogP contribution in [0.15, 0.2) is 29.2 Å². The van der Waals surface area contributed by atoms with Crippen LogP contribution in [0.25, 0.3) is 5.69 Å². The molecule has 1 heterocycles. The summed E-state index contributed by atoms with van der Waals surface area (Å²) in [6, 6.07) is 4.92. The lowest BCUT2D eigenvalue weighted by Gasteiger charge is -2.13. The minimum Gasteiger partial charge on any atom is -0.237 e. The average Bonchev–Trinajstić information content (AvgIpc) is 3.15. The SMILES string of the molecule is CS(=O)(=O)c1ccc(-n2nc(C(F)F)cc2C2CCCC2)cc1F. The van der Waals surface area contributed by atoms with Crippen LogP contribution >= 0.6 is 0 Å². The summed E-state index contributed by atoms with van der Waals surface area (Å²) in [6.07, 6.45) is 1.98. The first-order valence-corrected chi connectivity index (χ1v) is 9.54. The number of alkyl halides is 2. The summed E-state index contributed by atoms with van der Waals surface area (Å²) in [6.45, 7) is 0. The summed E-state index contributed by atoms with van der Waals surface area (Å²) in [5.41, 5.74) is 0.507. The van der Waals surface area contributed by atoms with E-state index in [2.05, 4.69) is 5.10 Å². The highest BCUT2D eigenvalue weighted by Crippen LogP contribution is 2.36. The van der Waals surface area contributed by atoms with Crippen molar-refractivity contribution in [2.75, 3.05) is 6.26 Å². The quantitative estimate of drug-likeness (QED) is 0.830. The standard InChI is InChI=1S/C16H17F3N2O2S/c1-24(22,23)15-7-6-11(8-12(15)17)21-14(10-4-2-3-5-10)9-13(20-21)16(18)19/h6-10,16H,2-5H2,1H3. The summed E-state index contributed by atoms with van der Waals surface area (Å²) < 4.78 is 64.5. The van der Waals surface area contributed by atoms with E-state index in [-0.39, 0.29) is 17.3 Å². The van der Waals surface area contributed by atoms with E-state index in [0.717, 1.165) is 44.1 Å². The van der Waals surface area contributed by atoms with Crippen molar-refractivity contribution in [2.24, 2.45) is 0 Å². The number of halogens is 3. The zero-order valence-electron chi connectivity index (χ0n) is 13.0. The fourth-order valence-corrected chi connectivity index (χ4v) is 3.89. The Kier molecular flexibility index (Phi) is 4.42. The number of nitrogens with zero attached hydrogens (tertiary/aromatic N) is 2. The molecule has 8 heteroatoms. The summed E-state index contributed by atoms with van der Waals surface area (Å²) in [5, 5.41) is 3.91. The Morgan fingerprint density at radius 3 is 2.42 bits per heavy atom. The second-order valence-corrected chi connectivity index (χ2v) is 8.06. The summed E-state index contributed by atoms with van der Waals surface area (Å²) in [7, 11) is -3.69. The summed E-state index contributed by atoms with van der Waals surface area (Å²) in [4.78, 5) is -0.421. The van der Waals surface area contributed by atoms with Crippen LogP contribution < -0.4 is 0 Å². The highest BCUT2D eigenvalue weighted by atomic mass is 32.2. The van der Waals surface area contributed by atoms with Crippen LogP contribution in [-0.4, -0.2) is 24.5 Å². The van der Waals surface area contributed by atoms with E-state index < -0.39 is 27.0 Å². The normalized spacial score (nSPS) is 16.2. The minimum atomic E-state index is -3.69. The molecule has 4 nitrogen and oxygen atoms in total. The lowest BCUT2D eigenvalue weighted by atomic mass is 10.0. The van der Waals surface area contributed by atoms with Gasteiger partial charge < -0.3 is 0 Å². The van der Waals surface area contributed by atoms with Gasteiger partial charge in [-0.1, -0.05) is 12.8 Å². The van der Waals surface area contributed by atoms with Crippen LogP contribution in [0.5, 0.6) is 0 Å². The minimum absolute atomic E-state index is 0.0997. The van der Waals surface area contributed by atoms with Gasteiger partial charge in [0.1, 0.15) is 16.4 Å². The predicted molar refractivity (Wildman–Crippen MR) is 82.8 cm³/mol. The number of hydrogen-bond acceptors (Lipinski definition) is 3. The van der Waals surface area contributed by atoms with Gasteiger partial charge in [-0.25, -0.2) is 26.3 Å². The maximum Gasteiger partial charge on any atom is 0.282 e. The fourth-order valence-electron chi connectivity index (χ4n) is 3.16. The number of aromatic nitrogens is 2. The van der Waals surface area contributed by atoms with Crippen LogP contribution in [0.3, 0.4) is 0 Å². The van der Waals surface area contributed by atoms with E-state index >= 15 is 0 Å². The van der Waals surface area contributed by atoms with Crippen LogP contribution in [0.2, 0.25) is 0 Å². The zero-order chi connectivity index (χ0) is 17.5. The first-order valence-electron chi connectivity index (χ1n) is 7.65. The van der Waals surface area contributed by atoms with Crippen LogP contribution in [0, 0.1) is 5.82 Å². The highest BCUT2D eigenvalue weighted by Gasteiger charge is 2.26. The van der Waals surface area contributed by atoms with Crippen LogP contribution in [-0.2, 0) is 9.84 Å². The Morgan fingerprint density at radius 2 is 1.88 bits per heavy atom. The van der Waals surface area contributed by atoms with Gasteiger partial charge in [0.25, 0.3) is 6.43 Å². The maximum absolute atomic E-state index is 14.1. The topological polar surface area (TPSA) is 52.0 Å². The molecule has 0 spiro atoms. The van der Waals surface area contributed by atoms with Crippen molar-refractivity contribution in [2.45, 2.75) is 42.9 Å². The highest BCUT2D eigenvalue weighted by molar-refractivity contribution is 7.90. The van der Waals surface area contributed by atoms with Gasteiger partial charge in [0.2, 0.25) is 0 Å². The van der Waals surface area contributed by atoms with Gasteiger partial charge in [-0.05, 0) is 31.0 Å². The monoisotopic (exact) mass is 358 g/mol. The molecule has 0 bridgehead atoms. The number of sulfone groups is 1. The van der Waals surface area contributed by atoms with Crippen LogP contribution in [0.4, 0.5) is 13.2 Å². The predicted octanol–water partition coefficient (Wildman–Crippen LogP) is 4.01. The van der Waals surface area contributed by atoms with Gasteiger partial charge >= 0.3 is 0 Å². The Labute approximate surface area is 138 Å². The Bertz CT molecular complexity index is 856. The molecule has 0 saturated heterocycles. The molecule has 2 aromatic rings. The van der Waals surface area contributed by atoms with Crippen molar-refractivity contribution in [1.29, 1.82) is 0 Å². The molecule has 1 fully saturated rings. The van der Waals surface area contributed by atoms with E-state index in [1.54, 1.807) is 0 Å². The average molecular weight is 358 g/mol. The van der Waals surface area contributed by atoms with E-state index in [0.29, 0.717) is 5.69 Å². The summed E-state index contributed by atoms with van der Waals surface area (Å²) >= 11 is 0. The van der Waals surface area contributed by atoms with Crippen molar-refractivity contribution < 1.29 is 21.6 Å². The van der Waals surface area contributed by atoms with Gasteiger partial charge in [0.15, 0.2) is 9.84 Å². The first-order chi connectivity index (χ1) is 11.3. The molecule has 1 aromatic carbocycles. The molecule has 0 amide bonds. The molecule has 0 unspecified atom stereocenters. The number of hydrogen-bond donors (Lipinski definition) is 0. The molecule has 1 aliphatic carbocycles. The van der Waals surface area contributed by atoms with E-state index in [9.17, 15) is 21.6 Å². The molecule has 1 saturated carbocycles. The molecular weight excluding hydrogens is 341 g/mol. The molecule has 1 aliphatic rings. The third-order valence-corrected chi connectivity index (χ3v) is 5.44. The molecular formula is C16H17F3N2O2S. The Balaban J connectivity index is 2.09. The van der Waals surface area contributed by atoms with E-state index in [1.807, 2.05) is 0 Å². The van der Waals surface area contributed by atoms with Gasteiger partial charge in [-0.3, -0.25) is 0 Å². The molecule has 0 aliphatic heterocycles. The van der Waals surface area contributed by atoms with E-state index in [4.69, 9.17) is 0 Å². The van der Waals surface area contributed by atoms with Crippen molar-refractivity contribution in [3.05, 3.63) is 41.5 Å². The second-order valence-electron chi connectivity index (χ2n) is 6.07. The van der Waals surface area contributed by atoms with Crippen LogP contribution in [0.1, 0.15) is 49.4 Å². The maximum atomic E-state index is 14.1.